The first-order chi connectivity index (χ1) is 30.6. The highest BCUT2D eigenvalue weighted by molar-refractivity contribution is 7.20. The molecule has 0 unspecified atom stereocenters. The van der Waals surface area contributed by atoms with Crippen molar-refractivity contribution in [3.63, 3.8) is 0 Å². The highest BCUT2D eigenvalue weighted by Crippen LogP contribution is 2.42. The third-order valence-electron chi connectivity index (χ3n) is 10.6. The number of fused-ring (bicyclic) bond motifs is 1. The number of aromatic nitrogens is 3. The van der Waals surface area contributed by atoms with Gasteiger partial charge in [-0.1, -0.05) is 202 Å². The molecule has 0 amide bonds. The van der Waals surface area contributed by atoms with Gasteiger partial charge in [-0.15, -0.1) is 11.3 Å². The Balaban J connectivity index is 1.13. The zero-order valence-corrected chi connectivity index (χ0v) is 35.3. The van der Waals surface area contributed by atoms with Crippen molar-refractivity contribution in [2.24, 2.45) is 0 Å². The Hall–Kier alpha value is -7.73. The zero-order chi connectivity index (χ0) is 42.1. The number of thiophene rings is 1. The topological polar surface area (TPSA) is 50.7 Å². The normalized spacial score (nSPS) is 11.6. The predicted molar refractivity (Wildman–Crippen MR) is 265 cm³/mol. The Morgan fingerprint density at radius 1 is 0.516 bits per heavy atom. The Kier molecular flexibility index (Phi) is 12.0. The molecule has 0 bridgehead atoms. The van der Waals surface area contributed by atoms with Gasteiger partial charge in [0.05, 0.1) is 5.69 Å². The van der Waals surface area contributed by atoms with E-state index in [0.717, 1.165) is 67.9 Å². The van der Waals surface area contributed by atoms with Gasteiger partial charge in [0.25, 0.3) is 0 Å². The van der Waals surface area contributed by atoms with E-state index in [-0.39, 0.29) is 0 Å². The van der Waals surface area contributed by atoms with Crippen LogP contribution in [0.4, 0.5) is 5.69 Å². The molecule has 0 fully saturated rings. The standard InChI is InChI=1S/C57H44N4S/c1-3-4-32-52-48(49-31-19-20-33-53(49)62-52)30-18-17-21-40(2)58-54-50(43-24-11-6-12-25-43)38-47(39-51(54)44-26-13-7-14-27-44)57-60-55(45-28-15-8-16-29-45)59-56(61-57)46-36-34-42(35-37-46)41-22-9-5-10-23-41/h4-39,58H,2-3H2,1H3/b21-17-,30-18-,32-4-. The van der Waals surface area contributed by atoms with E-state index < -0.39 is 0 Å². The van der Waals surface area contributed by atoms with E-state index in [0.29, 0.717) is 17.5 Å². The van der Waals surface area contributed by atoms with Crippen LogP contribution in [-0.4, -0.2) is 15.0 Å². The minimum Gasteiger partial charge on any atom is -0.355 e. The average molecular weight is 817 g/mol. The minimum absolute atomic E-state index is 0.583. The lowest BCUT2D eigenvalue weighted by Crippen LogP contribution is -2.03. The van der Waals surface area contributed by atoms with Crippen molar-refractivity contribution >= 4 is 39.3 Å². The number of rotatable bonds is 13. The third-order valence-corrected chi connectivity index (χ3v) is 11.8. The highest BCUT2D eigenvalue weighted by atomic mass is 32.1. The van der Waals surface area contributed by atoms with E-state index >= 15 is 0 Å². The SMILES string of the molecule is C=C(/C=C\C=C/c1c(/C=C\CC)sc2ccccc12)Nc1c(-c2ccccc2)cc(-c2nc(-c3ccccc3)nc(-c3ccc(-c4ccccc4)cc3)n2)cc1-c1ccccc1. The van der Waals surface area contributed by atoms with E-state index in [2.05, 4.69) is 183 Å². The van der Waals surface area contributed by atoms with Crippen LogP contribution in [0.15, 0.2) is 219 Å². The molecule has 0 saturated carbocycles. The Labute approximate surface area is 367 Å². The first kappa shape index (κ1) is 39.7. The second-order valence-corrected chi connectivity index (χ2v) is 15.9. The maximum absolute atomic E-state index is 5.19. The van der Waals surface area contributed by atoms with Gasteiger partial charge in [-0.2, -0.15) is 0 Å². The molecule has 4 nitrogen and oxygen atoms in total. The van der Waals surface area contributed by atoms with Crippen molar-refractivity contribution in [3.05, 3.63) is 229 Å². The van der Waals surface area contributed by atoms with Crippen molar-refractivity contribution in [3.8, 4) is 67.5 Å². The number of allylic oxidation sites excluding steroid dienone is 4. The van der Waals surface area contributed by atoms with Crippen LogP contribution < -0.4 is 5.32 Å². The van der Waals surface area contributed by atoms with Gasteiger partial charge < -0.3 is 5.32 Å². The summed E-state index contributed by atoms with van der Waals surface area (Å²) in [5.74, 6) is 1.80. The fourth-order valence-electron chi connectivity index (χ4n) is 7.52. The highest BCUT2D eigenvalue weighted by Gasteiger charge is 2.19. The molecule has 1 N–H and O–H groups in total. The van der Waals surface area contributed by atoms with Gasteiger partial charge in [-0.3, -0.25) is 0 Å². The van der Waals surface area contributed by atoms with Gasteiger partial charge in [-0.25, -0.2) is 15.0 Å². The maximum Gasteiger partial charge on any atom is 0.164 e. The molecule has 0 spiro atoms. The number of hydrogen-bond donors (Lipinski definition) is 1. The molecular weight excluding hydrogens is 773 g/mol. The van der Waals surface area contributed by atoms with E-state index in [1.54, 1.807) is 0 Å². The number of nitrogens with one attached hydrogen (secondary N) is 1. The number of hydrogen-bond acceptors (Lipinski definition) is 5. The molecule has 0 aliphatic carbocycles. The van der Waals surface area contributed by atoms with Crippen molar-refractivity contribution in [2.75, 3.05) is 5.32 Å². The molecule has 0 aliphatic rings. The van der Waals surface area contributed by atoms with Gasteiger partial charge in [0.15, 0.2) is 17.5 Å². The first-order valence-electron chi connectivity index (χ1n) is 20.9. The molecule has 0 aliphatic heterocycles. The average Bonchev–Trinajstić information content (AvgIpc) is 3.70. The van der Waals surface area contributed by atoms with Gasteiger partial charge in [-0.05, 0) is 59.0 Å². The summed E-state index contributed by atoms with van der Waals surface area (Å²) in [6.45, 7) is 6.65. The maximum atomic E-state index is 5.19. The summed E-state index contributed by atoms with van der Waals surface area (Å²) >= 11 is 1.82. The molecule has 62 heavy (non-hydrogen) atoms. The fraction of sp³-hybridized carbons (Fsp3) is 0.0351. The van der Waals surface area contributed by atoms with Crippen molar-refractivity contribution in [1.82, 2.24) is 15.0 Å². The van der Waals surface area contributed by atoms with Crippen LogP contribution in [-0.2, 0) is 0 Å². The number of nitrogens with zero attached hydrogens (tertiary/aromatic N) is 3. The summed E-state index contributed by atoms with van der Waals surface area (Å²) in [6.07, 6.45) is 13.8. The summed E-state index contributed by atoms with van der Waals surface area (Å²) in [5, 5.41) is 4.99. The van der Waals surface area contributed by atoms with E-state index in [4.69, 9.17) is 15.0 Å². The molecule has 0 radical (unpaired) electrons. The molecular formula is C57H44N4S. The van der Waals surface area contributed by atoms with Crippen molar-refractivity contribution in [2.45, 2.75) is 13.3 Å². The van der Waals surface area contributed by atoms with Crippen LogP contribution >= 0.6 is 11.3 Å². The third kappa shape index (κ3) is 8.90. The Morgan fingerprint density at radius 3 is 1.56 bits per heavy atom. The lowest BCUT2D eigenvalue weighted by atomic mass is 9.92. The molecule has 5 heteroatoms. The van der Waals surface area contributed by atoms with Crippen LogP contribution in [0, 0.1) is 0 Å². The lowest BCUT2D eigenvalue weighted by molar-refractivity contribution is 1.07. The van der Waals surface area contributed by atoms with Crippen LogP contribution in [0.5, 0.6) is 0 Å². The van der Waals surface area contributed by atoms with Crippen LogP contribution in [0.2, 0.25) is 0 Å². The summed E-state index contributed by atoms with van der Waals surface area (Å²) in [7, 11) is 0. The van der Waals surface area contributed by atoms with Gasteiger partial charge in [0.1, 0.15) is 0 Å². The molecule has 0 atom stereocenters. The van der Waals surface area contributed by atoms with E-state index in [1.165, 1.54) is 20.5 Å². The summed E-state index contributed by atoms with van der Waals surface area (Å²) in [6, 6.07) is 62.8. The first-order valence-corrected chi connectivity index (χ1v) is 21.7. The Bertz CT molecular complexity index is 3000. The van der Waals surface area contributed by atoms with Gasteiger partial charge in [0, 0.05) is 54.0 Å². The summed E-state index contributed by atoms with van der Waals surface area (Å²) in [4.78, 5) is 16.6. The van der Waals surface area contributed by atoms with Crippen LogP contribution in [0.3, 0.4) is 0 Å². The van der Waals surface area contributed by atoms with E-state index in [1.807, 2.05) is 65.9 Å². The molecule has 0 saturated heterocycles. The van der Waals surface area contributed by atoms with Gasteiger partial charge >= 0.3 is 0 Å². The predicted octanol–water partition coefficient (Wildman–Crippen LogP) is 15.7. The van der Waals surface area contributed by atoms with Crippen LogP contribution in [0.25, 0.3) is 89.8 Å². The van der Waals surface area contributed by atoms with E-state index in [9.17, 15) is 0 Å². The van der Waals surface area contributed by atoms with Crippen molar-refractivity contribution in [1.29, 1.82) is 0 Å². The second-order valence-electron chi connectivity index (χ2n) is 14.8. The van der Waals surface area contributed by atoms with Gasteiger partial charge in [0.2, 0.25) is 0 Å². The summed E-state index contributed by atoms with van der Waals surface area (Å²) in [5.41, 5.74) is 12.0. The molecule has 2 heterocycles. The minimum atomic E-state index is 0.583. The summed E-state index contributed by atoms with van der Waals surface area (Å²) < 4.78 is 1.28. The number of anilines is 1. The fourth-order valence-corrected chi connectivity index (χ4v) is 8.64. The van der Waals surface area contributed by atoms with Crippen LogP contribution in [0.1, 0.15) is 23.8 Å². The molecule has 9 aromatic rings. The molecule has 2 aromatic heterocycles. The molecule has 9 rings (SSSR count). The number of benzene rings is 7. The molecule has 7 aromatic carbocycles. The quantitative estimate of drug-likeness (QED) is 0.118. The monoisotopic (exact) mass is 816 g/mol. The lowest BCUT2D eigenvalue weighted by Gasteiger charge is -2.20. The Morgan fingerprint density at radius 2 is 0.984 bits per heavy atom. The smallest absolute Gasteiger partial charge is 0.164 e. The second kappa shape index (κ2) is 18.7. The molecule has 298 valence electrons. The zero-order valence-electron chi connectivity index (χ0n) is 34.4. The van der Waals surface area contributed by atoms with Crippen molar-refractivity contribution < 1.29 is 0 Å². The largest absolute Gasteiger partial charge is 0.355 e.